The molecule has 3 aromatic carbocycles. The van der Waals surface area contributed by atoms with Crippen molar-refractivity contribution in [3.8, 4) is 0 Å². The maximum atomic E-state index is 14.0. The van der Waals surface area contributed by atoms with Crippen molar-refractivity contribution in [2.24, 2.45) is 0 Å². The van der Waals surface area contributed by atoms with Gasteiger partial charge in [0.05, 0.1) is 10.6 Å². The van der Waals surface area contributed by atoms with E-state index in [-0.39, 0.29) is 23.4 Å². The molecule has 3 aromatic rings. The molecule has 40 heavy (non-hydrogen) atoms. The minimum Gasteiger partial charge on any atom is -0.352 e. The summed E-state index contributed by atoms with van der Waals surface area (Å²) in [6.07, 6.45) is 5.14. The Kier molecular flexibility index (Phi) is 9.87. The first-order valence-corrected chi connectivity index (χ1v) is 15.5. The Balaban J connectivity index is 1.68. The number of hydrogen-bond acceptors (Lipinski definition) is 4. The van der Waals surface area contributed by atoms with Crippen LogP contribution < -0.4 is 9.62 Å². The van der Waals surface area contributed by atoms with Crippen molar-refractivity contribution >= 4 is 39.1 Å². The number of carbonyl (C=O) groups is 2. The Morgan fingerprint density at radius 1 is 0.950 bits per heavy atom. The van der Waals surface area contributed by atoms with Crippen LogP contribution in [0.3, 0.4) is 0 Å². The van der Waals surface area contributed by atoms with E-state index in [1.165, 1.54) is 17.0 Å². The molecule has 7 nitrogen and oxygen atoms in total. The van der Waals surface area contributed by atoms with Gasteiger partial charge in [-0.1, -0.05) is 79.4 Å². The third kappa shape index (κ3) is 7.23. The van der Waals surface area contributed by atoms with E-state index in [0.717, 1.165) is 42.0 Å². The van der Waals surface area contributed by atoms with Crippen molar-refractivity contribution in [1.82, 2.24) is 10.2 Å². The molecule has 4 rings (SSSR count). The normalized spacial score (nSPS) is 14.8. The van der Waals surface area contributed by atoms with E-state index in [4.69, 9.17) is 11.6 Å². The van der Waals surface area contributed by atoms with Crippen molar-refractivity contribution in [2.75, 3.05) is 10.8 Å². The van der Waals surface area contributed by atoms with Crippen LogP contribution >= 0.6 is 11.6 Å². The standard InChI is InChI=1S/C31H36ClN3O4S/c1-23-20-26(32)18-19-29(23)35(40(38,39)28-16-10-5-11-17-28)22-30(36)34(21-25-12-6-3-7-13-25)24(2)31(37)33-27-14-8-4-9-15-27/h3,5-7,10-13,16-20,24,27H,4,8-9,14-15,21-22H2,1-2H3,(H,33,37). The first-order valence-electron chi connectivity index (χ1n) is 13.6. The predicted molar refractivity (Wildman–Crippen MR) is 159 cm³/mol. The molecule has 1 aliphatic carbocycles. The lowest BCUT2D eigenvalue weighted by Gasteiger charge is -2.33. The third-order valence-corrected chi connectivity index (χ3v) is 9.36. The lowest BCUT2D eigenvalue weighted by molar-refractivity contribution is -0.139. The fraction of sp³-hybridized carbons (Fsp3) is 0.355. The van der Waals surface area contributed by atoms with Gasteiger partial charge in [-0.3, -0.25) is 13.9 Å². The Morgan fingerprint density at radius 2 is 1.57 bits per heavy atom. The van der Waals surface area contributed by atoms with Gasteiger partial charge in [0.15, 0.2) is 0 Å². The summed E-state index contributed by atoms with van der Waals surface area (Å²) < 4.78 is 28.9. The van der Waals surface area contributed by atoms with Crippen molar-refractivity contribution in [3.63, 3.8) is 0 Å². The highest BCUT2D eigenvalue weighted by Crippen LogP contribution is 2.29. The highest BCUT2D eigenvalue weighted by atomic mass is 35.5. The van der Waals surface area contributed by atoms with Crippen molar-refractivity contribution < 1.29 is 18.0 Å². The van der Waals surface area contributed by atoms with E-state index in [1.807, 2.05) is 30.3 Å². The van der Waals surface area contributed by atoms with Crippen molar-refractivity contribution in [3.05, 3.63) is 95.0 Å². The summed E-state index contributed by atoms with van der Waals surface area (Å²) in [6.45, 7) is 3.13. The molecule has 2 amide bonds. The summed E-state index contributed by atoms with van der Waals surface area (Å²) in [6, 6.07) is 21.5. The molecule has 0 aromatic heterocycles. The van der Waals surface area contributed by atoms with Gasteiger partial charge in [-0.15, -0.1) is 0 Å². The maximum Gasteiger partial charge on any atom is 0.264 e. The number of hydrogen-bond donors (Lipinski definition) is 1. The summed E-state index contributed by atoms with van der Waals surface area (Å²) in [7, 11) is -4.12. The molecular weight excluding hydrogens is 546 g/mol. The largest absolute Gasteiger partial charge is 0.352 e. The second kappa shape index (κ2) is 13.3. The van der Waals surface area contributed by atoms with Crippen LogP contribution in [0.1, 0.15) is 50.2 Å². The summed E-state index contributed by atoms with van der Waals surface area (Å²) in [4.78, 5) is 28.9. The van der Waals surface area contributed by atoms with E-state index < -0.39 is 28.5 Å². The minimum absolute atomic E-state index is 0.0647. The molecule has 0 heterocycles. The van der Waals surface area contributed by atoms with Gasteiger partial charge in [-0.2, -0.15) is 0 Å². The highest BCUT2D eigenvalue weighted by molar-refractivity contribution is 7.92. The van der Waals surface area contributed by atoms with Gasteiger partial charge in [0.2, 0.25) is 11.8 Å². The third-order valence-electron chi connectivity index (χ3n) is 7.35. The van der Waals surface area contributed by atoms with Crippen molar-refractivity contribution in [1.29, 1.82) is 0 Å². The lowest BCUT2D eigenvalue weighted by atomic mass is 9.95. The Hall–Kier alpha value is -3.36. The van der Waals surface area contributed by atoms with Crippen LogP contribution in [0.2, 0.25) is 5.02 Å². The van der Waals surface area contributed by atoms with E-state index in [2.05, 4.69) is 5.32 Å². The Morgan fingerprint density at radius 3 is 2.20 bits per heavy atom. The molecule has 0 radical (unpaired) electrons. The quantitative estimate of drug-likeness (QED) is 0.332. The van der Waals surface area contributed by atoms with Crippen LogP contribution in [0.15, 0.2) is 83.8 Å². The van der Waals surface area contributed by atoms with Crippen molar-refractivity contribution in [2.45, 2.75) is 69.5 Å². The molecule has 1 saturated carbocycles. The number of nitrogens with one attached hydrogen (secondary N) is 1. The first kappa shape index (κ1) is 29.6. The van der Waals surface area contributed by atoms with Gasteiger partial charge < -0.3 is 10.2 Å². The van der Waals surface area contributed by atoms with Crippen LogP contribution in [0.25, 0.3) is 0 Å². The van der Waals surface area contributed by atoms with E-state index in [1.54, 1.807) is 50.2 Å². The van der Waals surface area contributed by atoms with Gasteiger partial charge >= 0.3 is 0 Å². The van der Waals surface area contributed by atoms with Gasteiger partial charge in [-0.25, -0.2) is 8.42 Å². The zero-order valence-corrected chi connectivity index (χ0v) is 24.5. The summed E-state index contributed by atoms with van der Waals surface area (Å²) in [5, 5.41) is 3.58. The van der Waals surface area contributed by atoms with Crippen LogP contribution in [0.4, 0.5) is 5.69 Å². The monoisotopic (exact) mass is 581 g/mol. The Labute approximate surface area is 242 Å². The lowest BCUT2D eigenvalue weighted by Crippen LogP contribution is -2.53. The average molecular weight is 582 g/mol. The molecule has 1 atom stereocenters. The van der Waals surface area contributed by atoms with Gasteiger partial charge in [-0.05, 0) is 68.1 Å². The van der Waals surface area contributed by atoms with Crippen LogP contribution in [0, 0.1) is 6.92 Å². The van der Waals surface area contributed by atoms with E-state index in [0.29, 0.717) is 16.3 Å². The average Bonchev–Trinajstić information content (AvgIpc) is 2.96. The number of nitrogens with zero attached hydrogens (tertiary/aromatic N) is 2. The molecule has 0 aliphatic heterocycles. The number of anilines is 1. The smallest absolute Gasteiger partial charge is 0.264 e. The number of rotatable bonds is 10. The summed E-state index contributed by atoms with van der Waals surface area (Å²) >= 11 is 6.17. The molecule has 1 fully saturated rings. The molecule has 9 heteroatoms. The number of aryl methyl sites for hydroxylation is 1. The molecular formula is C31H36ClN3O4S. The molecule has 1 aliphatic rings. The van der Waals surface area contributed by atoms with Gasteiger partial charge in [0.25, 0.3) is 10.0 Å². The Bertz CT molecular complexity index is 1410. The topological polar surface area (TPSA) is 86.8 Å². The molecule has 1 N–H and O–H groups in total. The molecule has 0 bridgehead atoms. The molecule has 1 unspecified atom stereocenters. The van der Waals surface area contributed by atoms with Gasteiger partial charge in [0.1, 0.15) is 12.6 Å². The summed E-state index contributed by atoms with van der Waals surface area (Å²) in [5.74, 6) is -0.722. The molecule has 0 spiro atoms. The van der Waals surface area contributed by atoms with E-state index >= 15 is 0 Å². The molecule has 0 saturated heterocycles. The maximum absolute atomic E-state index is 14.0. The number of carbonyl (C=O) groups excluding carboxylic acids is 2. The van der Waals surface area contributed by atoms with Gasteiger partial charge in [0, 0.05) is 17.6 Å². The second-order valence-corrected chi connectivity index (χ2v) is 12.6. The zero-order chi connectivity index (χ0) is 28.7. The first-order chi connectivity index (χ1) is 19.2. The van der Waals surface area contributed by atoms with Crippen LogP contribution in [0.5, 0.6) is 0 Å². The SMILES string of the molecule is Cc1cc(Cl)ccc1N(CC(=O)N(Cc1ccccc1)C(C)C(=O)NC1CCCCC1)S(=O)(=O)c1ccccc1. The van der Waals surface area contributed by atoms with Crippen LogP contribution in [-0.2, 0) is 26.2 Å². The number of halogens is 1. The molecule has 212 valence electrons. The highest BCUT2D eigenvalue weighted by Gasteiger charge is 2.33. The van der Waals surface area contributed by atoms with Crippen LogP contribution in [-0.4, -0.2) is 43.8 Å². The fourth-order valence-corrected chi connectivity index (χ4v) is 6.79. The predicted octanol–water partition coefficient (Wildman–Crippen LogP) is 5.71. The fourth-order valence-electron chi connectivity index (χ4n) is 5.06. The number of amides is 2. The second-order valence-electron chi connectivity index (χ2n) is 10.3. The minimum atomic E-state index is -4.12. The number of sulfonamides is 1. The summed E-state index contributed by atoms with van der Waals surface area (Å²) in [5.41, 5.74) is 1.80. The number of benzene rings is 3. The van der Waals surface area contributed by atoms with E-state index in [9.17, 15) is 18.0 Å². The zero-order valence-electron chi connectivity index (χ0n) is 22.9.